The monoisotopic (exact) mass is 470 g/mol. The Bertz CT molecular complexity index is 862. The van der Waals surface area contributed by atoms with E-state index in [2.05, 4.69) is 0 Å². The maximum absolute atomic E-state index is 13.5. The number of carbonyl (C=O) groups is 3. The van der Waals surface area contributed by atoms with E-state index in [1.54, 1.807) is 26.0 Å². The van der Waals surface area contributed by atoms with Crippen LogP contribution < -0.4 is 0 Å². The molecule has 6 atom stereocenters. The Labute approximate surface area is 189 Å². The predicted octanol–water partition coefficient (Wildman–Crippen LogP) is 2.30. The Morgan fingerprint density at radius 2 is 1.75 bits per heavy atom. The molecule has 0 unspecified atom stereocenters. The van der Waals surface area contributed by atoms with Gasteiger partial charge in [0.25, 0.3) is 0 Å². The Morgan fingerprint density at radius 1 is 1.06 bits per heavy atom. The first-order chi connectivity index (χ1) is 15.3. The number of hydrogen-bond donors (Lipinski definition) is 1. The van der Waals surface area contributed by atoms with Gasteiger partial charge in [-0.3, -0.25) is 14.4 Å². The van der Waals surface area contributed by atoms with Crippen molar-refractivity contribution in [1.29, 1.82) is 0 Å². The lowest BCUT2D eigenvalue weighted by Crippen LogP contribution is -2.35. The van der Waals surface area contributed by atoms with E-state index in [-0.39, 0.29) is 19.0 Å². The number of thioether (sulfide) groups is 1. The van der Waals surface area contributed by atoms with Crippen molar-refractivity contribution in [3.63, 3.8) is 0 Å². The van der Waals surface area contributed by atoms with E-state index >= 15 is 0 Å². The van der Waals surface area contributed by atoms with Crippen LogP contribution in [0.25, 0.3) is 0 Å². The van der Waals surface area contributed by atoms with Crippen molar-refractivity contribution in [2.24, 2.45) is 29.6 Å². The molecule has 3 rings (SSSR count). The molecule has 2 aliphatic rings. The molecule has 176 valence electrons. The molecule has 0 aromatic heterocycles. The fourth-order valence-corrected chi connectivity index (χ4v) is 5.57. The van der Waals surface area contributed by atoms with Gasteiger partial charge in [-0.2, -0.15) is 0 Å². The summed E-state index contributed by atoms with van der Waals surface area (Å²) in [6, 6.07) is 4.73. The van der Waals surface area contributed by atoms with Gasteiger partial charge in [0, 0.05) is 36.0 Å². The van der Waals surface area contributed by atoms with Crippen LogP contribution in [0.4, 0.5) is 4.39 Å². The number of halogens is 1. The maximum atomic E-state index is 13.5. The standard InChI is InChI=1S/C22H27FO8S/c1-4-15(24)29-10-31-22(27)19-17-16(21(26)30-9-28-3)13(20(25)18(17)19)8-32-12-5-6-14(23)11(2)7-12/h5-7,13,16-20,25H,4,8-10H2,1-3H3/t13-,16+,17-,18+,19+,20+/m0/s1. The van der Waals surface area contributed by atoms with E-state index in [0.717, 1.165) is 4.90 Å². The molecule has 10 heteroatoms. The molecule has 2 saturated carbocycles. The van der Waals surface area contributed by atoms with Crippen molar-refractivity contribution >= 4 is 29.7 Å². The molecule has 1 aromatic carbocycles. The molecule has 0 heterocycles. The molecule has 2 aliphatic carbocycles. The minimum absolute atomic E-state index is 0.158. The van der Waals surface area contributed by atoms with Gasteiger partial charge in [-0.15, -0.1) is 11.8 Å². The number of fused-ring (bicyclic) bond motifs is 1. The second-order valence-electron chi connectivity index (χ2n) is 7.90. The van der Waals surface area contributed by atoms with Crippen molar-refractivity contribution in [1.82, 2.24) is 0 Å². The molecule has 0 saturated heterocycles. The molecule has 1 aromatic rings. The zero-order chi connectivity index (χ0) is 23.4. The summed E-state index contributed by atoms with van der Waals surface area (Å²) in [5.74, 6) is -4.27. The second-order valence-corrected chi connectivity index (χ2v) is 9.00. The number of aliphatic hydroxyl groups is 1. The summed E-state index contributed by atoms with van der Waals surface area (Å²) >= 11 is 1.40. The Balaban J connectivity index is 1.66. The average molecular weight is 471 g/mol. The quantitative estimate of drug-likeness (QED) is 0.313. The number of aryl methyl sites for hydroxylation is 1. The van der Waals surface area contributed by atoms with Gasteiger partial charge in [0.1, 0.15) is 5.82 Å². The summed E-state index contributed by atoms with van der Waals surface area (Å²) in [6.45, 7) is 2.55. The highest BCUT2D eigenvalue weighted by atomic mass is 32.2. The van der Waals surface area contributed by atoms with Gasteiger partial charge in [0.15, 0.2) is 6.79 Å². The first-order valence-electron chi connectivity index (χ1n) is 10.3. The fourth-order valence-electron chi connectivity index (χ4n) is 4.36. The van der Waals surface area contributed by atoms with E-state index < -0.39 is 60.4 Å². The number of aliphatic hydroxyl groups excluding tert-OH is 1. The van der Waals surface area contributed by atoms with Crippen LogP contribution in [-0.4, -0.2) is 55.6 Å². The number of carbonyl (C=O) groups excluding carboxylic acids is 3. The molecule has 0 bridgehead atoms. The van der Waals surface area contributed by atoms with E-state index in [4.69, 9.17) is 18.9 Å². The molecule has 8 nitrogen and oxygen atoms in total. The van der Waals surface area contributed by atoms with Crippen molar-refractivity contribution in [2.75, 3.05) is 26.4 Å². The number of benzene rings is 1. The van der Waals surface area contributed by atoms with Gasteiger partial charge in [-0.05, 0) is 36.6 Å². The number of rotatable bonds is 10. The minimum Gasteiger partial charge on any atom is -0.438 e. The van der Waals surface area contributed by atoms with E-state index in [9.17, 15) is 23.9 Å². The van der Waals surface area contributed by atoms with Crippen LogP contribution in [0.1, 0.15) is 18.9 Å². The van der Waals surface area contributed by atoms with Crippen molar-refractivity contribution in [2.45, 2.75) is 31.3 Å². The van der Waals surface area contributed by atoms with E-state index in [1.165, 1.54) is 24.9 Å². The lowest BCUT2D eigenvalue weighted by molar-refractivity contribution is -0.169. The highest BCUT2D eigenvalue weighted by molar-refractivity contribution is 7.99. The number of hydrogen-bond acceptors (Lipinski definition) is 9. The van der Waals surface area contributed by atoms with Crippen molar-refractivity contribution in [3.05, 3.63) is 29.6 Å². The average Bonchev–Trinajstić information content (AvgIpc) is 3.44. The van der Waals surface area contributed by atoms with Crippen LogP contribution in [0.5, 0.6) is 0 Å². The van der Waals surface area contributed by atoms with Crippen molar-refractivity contribution < 1.29 is 42.8 Å². The van der Waals surface area contributed by atoms with Gasteiger partial charge in [0.2, 0.25) is 6.79 Å². The molecule has 0 aliphatic heterocycles. The summed E-state index contributed by atoms with van der Waals surface area (Å²) in [5, 5.41) is 10.9. The Hall–Kier alpha value is -2.17. The smallest absolute Gasteiger partial charge is 0.312 e. The lowest BCUT2D eigenvalue weighted by atomic mass is 9.88. The van der Waals surface area contributed by atoms with Gasteiger partial charge >= 0.3 is 17.9 Å². The van der Waals surface area contributed by atoms with E-state index in [1.807, 2.05) is 0 Å². The van der Waals surface area contributed by atoms with Crippen LogP contribution in [0, 0.1) is 42.3 Å². The Kier molecular flexibility index (Phi) is 8.13. The molecule has 2 fully saturated rings. The van der Waals surface area contributed by atoms with Crippen LogP contribution in [0.3, 0.4) is 0 Å². The van der Waals surface area contributed by atoms with E-state index in [0.29, 0.717) is 11.3 Å². The summed E-state index contributed by atoms with van der Waals surface area (Å²) in [7, 11) is 1.39. The SMILES string of the molecule is CCC(=O)OCOC(=O)[C@@H]1[C@H]2[C@H](C(=O)OCOC)[C@H](CSc3ccc(F)c(C)c3)[C@@H](O)[C@@H]12. The van der Waals surface area contributed by atoms with Gasteiger partial charge in [0.05, 0.1) is 17.9 Å². The second kappa shape index (κ2) is 10.6. The van der Waals surface area contributed by atoms with Crippen LogP contribution in [0.15, 0.2) is 23.1 Å². The number of esters is 3. The summed E-state index contributed by atoms with van der Waals surface area (Å²) < 4.78 is 33.2. The molecule has 32 heavy (non-hydrogen) atoms. The zero-order valence-corrected chi connectivity index (χ0v) is 18.9. The fraction of sp³-hybridized carbons (Fsp3) is 0.591. The summed E-state index contributed by atoms with van der Waals surface area (Å²) in [6.07, 6.45) is -0.754. The number of methoxy groups -OCH3 is 1. The highest BCUT2D eigenvalue weighted by Gasteiger charge is 2.72. The third-order valence-electron chi connectivity index (χ3n) is 5.99. The third kappa shape index (κ3) is 5.24. The van der Waals surface area contributed by atoms with Crippen LogP contribution >= 0.6 is 11.8 Å². The summed E-state index contributed by atoms with van der Waals surface area (Å²) in [5.41, 5.74) is 0.507. The van der Waals surface area contributed by atoms with Gasteiger partial charge in [-0.25, -0.2) is 4.39 Å². The van der Waals surface area contributed by atoms with Crippen LogP contribution in [-0.2, 0) is 33.3 Å². The zero-order valence-electron chi connectivity index (χ0n) is 18.1. The van der Waals surface area contributed by atoms with Gasteiger partial charge in [-0.1, -0.05) is 6.92 Å². The molecular weight excluding hydrogens is 443 g/mol. The first kappa shape index (κ1) is 24.5. The van der Waals surface area contributed by atoms with Gasteiger partial charge < -0.3 is 24.1 Å². The minimum atomic E-state index is -0.912. The third-order valence-corrected chi connectivity index (χ3v) is 7.13. The lowest BCUT2D eigenvalue weighted by Gasteiger charge is -2.25. The highest BCUT2D eigenvalue weighted by Crippen LogP contribution is 2.64. The first-order valence-corrected chi connectivity index (χ1v) is 11.3. The topological polar surface area (TPSA) is 108 Å². The predicted molar refractivity (Wildman–Crippen MR) is 111 cm³/mol. The molecule has 1 N–H and O–H groups in total. The maximum Gasteiger partial charge on any atom is 0.312 e. The van der Waals surface area contributed by atoms with Crippen molar-refractivity contribution in [3.8, 4) is 0 Å². The molecular formula is C22H27FO8S. The van der Waals surface area contributed by atoms with Crippen LogP contribution in [0.2, 0.25) is 0 Å². The summed E-state index contributed by atoms with van der Waals surface area (Å²) in [4.78, 5) is 37.2. The molecule has 0 spiro atoms. The Morgan fingerprint density at radius 3 is 2.41 bits per heavy atom. The molecule has 0 amide bonds. The molecule has 0 radical (unpaired) electrons. The normalized spacial score (nSPS) is 28.0. The number of ether oxygens (including phenoxy) is 4. The largest absolute Gasteiger partial charge is 0.438 e.